The van der Waals surface area contributed by atoms with Crippen LogP contribution >= 0.6 is 15.9 Å². The topological polar surface area (TPSA) is 23.8 Å². The van der Waals surface area contributed by atoms with E-state index in [0.29, 0.717) is 10.0 Å². The second-order valence-electron chi connectivity index (χ2n) is 2.55. The molecule has 0 saturated carbocycles. The van der Waals surface area contributed by atoms with Crippen molar-refractivity contribution in [1.82, 2.24) is 0 Å². The van der Waals surface area contributed by atoms with Gasteiger partial charge < -0.3 is 0 Å². The van der Waals surface area contributed by atoms with Gasteiger partial charge in [0, 0.05) is 5.56 Å². The summed E-state index contributed by atoms with van der Waals surface area (Å²) in [4.78, 5) is 0. The third-order valence-electron chi connectivity index (χ3n) is 1.52. The zero-order valence-electron chi connectivity index (χ0n) is 6.56. The number of halogens is 2. The number of nitriles is 1. The van der Waals surface area contributed by atoms with Gasteiger partial charge >= 0.3 is 0 Å². The lowest BCUT2D eigenvalue weighted by Crippen LogP contribution is -1.91. The molecule has 0 aromatic heterocycles. The average molecular weight is 228 g/mol. The van der Waals surface area contributed by atoms with Crippen molar-refractivity contribution >= 4 is 15.9 Å². The Morgan fingerprint density at radius 1 is 1.58 bits per heavy atom. The van der Waals surface area contributed by atoms with E-state index in [9.17, 15) is 4.39 Å². The second kappa shape index (κ2) is 3.68. The van der Waals surface area contributed by atoms with E-state index in [1.165, 1.54) is 0 Å². The number of nitrogens with zero attached hydrogens (tertiary/aromatic N) is 1. The first-order valence-electron chi connectivity index (χ1n) is 3.46. The van der Waals surface area contributed by atoms with Gasteiger partial charge in [0.2, 0.25) is 0 Å². The highest BCUT2D eigenvalue weighted by Crippen LogP contribution is 2.21. The molecule has 0 amide bonds. The normalized spacial score (nSPS) is 9.50. The summed E-state index contributed by atoms with van der Waals surface area (Å²) in [6.45, 7) is 1.87. The summed E-state index contributed by atoms with van der Waals surface area (Å²) in [5.41, 5.74) is 1.40. The average Bonchev–Trinajstić information content (AvgIpc) is 2.00. The molecule has 0 saturated heterocycles. The van der Waals surface area contributed by atoms with Gasteiger partial charge in [0.25, 0.3) is 0 Å². The van der Waals surface area contributed by atoms with E-state index in [1.807, 2.05) is 13.0 Å². The summed E-state index contributed by atoms with van der Waals surface area (Å²) in [6.07, 6.45) is 0.117. The van der Waals surface area contributed by atoms with Crippen LogP contribution in [-0.2, 0) is 6.42 Å². The lowest BCUT2D eigenvalue weighted by atomic mass is 10.1. The first-order chi connectivity index (χ1) is 5.65. The van der Waals surface area contributed by atoms with Crippen molar-refractivity contribution in [3.8, 4) is 6.07 Å². The van der Waals surface area contributed by atoms with E-state index in [2.05, 4.69) is 15.9 Å². The Hall–Kier alpha value is -0.880. The van der Waals surface area contributed by atoms with Gasteiger partial charge in [-0.25, -0.2) is 4.39 Å². The molecule has 0 aliphatic heterocycles. The van der Waals surface area contributed by atoms with Gasteiger partial charge in [0.05, 0.1) is 17.0 Å². The summed E-state index contributed by atoms with van der Waals surface area (Å²) in [5, 5.41) is 8.39. The van der Waals surface area contributed by atoms with Crippen molar-refractivity contribution in [2.24, 2.45) is 0 Å². The molecule has 0 spiro atoms. The van der Waals surface area contributed by atoms with Crippen LogP contribution in [0.25, 0.3) is 0 Å². The third kappa shape index (κ3) is 1.83. The van der Waals surface area contributed by atoms with Gasteiger partial charge in [-0.05, 0) is 34.5 Å². The molecular formula is C9H7BrFN. The van der Waals surface area contributed by atoms with Gasteiger partial charge in [0.1, 0.15) is 5.82 Å². The highest BCUT2D eigenvalue weighted by molar-refractivity contribution is 9.10. The predicted octanol–water partition coefficient (Wildman–Crippen LogP) is 2.96. The maximum atomic E-state index is 13.2. The van der Waals surface area contributed by atoms with Crippen LogP contribution in [0.3, 0.4) is 0 Å². The Balaban J connectivity index is 3.20. The first kappa shape index (κ1) is 9.21. The van der Waals surface area contributed by atoms with Crippen LogP contribution in [0, 0.1) is 24.1 Å². The van der Waals surface area contributed by atoms with E-state index in [1.54, 1.807) is 12.1 Å². The molecule has 0 bridgehead atoms. The minimum absolute atomic E-state index is 0.117. The fraction of sp³-hybridized carbons (Fsp3) is 0.222. The minimum Gasteiger partial charge on any atom is -0.205 e. The minimum atomic E-state index is -0.331. The van der Waals surface area contributed by atoms with Crippen LogP contribution < -0.4 is 0 Å². The summed E-state index contributed by atoms with van der Waals surface area (Å²) >= 11 is 3.08. The molecule has 1 rings (SSSR count). The van der Waals surface area contributed by atoms with Crippen LogP contribution in [0.1, 0.15) is 11.1 Å². The molecule has 0 atom stereocenters. The molecule has 3 heteroatoms. The third-order valence-corrected chi connectivity index (χ3v) is 2.09. The van der Waals surface area contributed by atoms with E-state index in [-0.39, 0.29) is 12.2 Å². The van der Waals surface area contributed by atoms with Crippen molar-refractivity contribution in [3.63, 3.8) is 0 Å². The van der Waals surface area contributed by atoms with Crippen LogP contribution in [-0.4, -0.2) is 0 Å². The fourth-order valence-electron chi connectivity index (χ4n) is 1.01. The summed E-state index contributed by atoms with van der Waals surface area (Å²) < 4.78 is 13.6. The Bertz CT molecular complexity index is 341. The smallest absolute Gasteiger partial charge is 0.141 e. The molecule has 1 nitrogen and oxygen atoms in total. The molecule has 62 valence electrons. The van der Waals surface area contributed by atoms with Gasteiger partial charge in [-0.3, -0.25) is 0 Å². The monoisotopic (exact) mass is 227 g/mol. The lowest BCUT2D eigenvalue weighted by molar-refractivity contribution is 0.608. The van der Waals surface area contributed by atoms with E-state index in [4.69, 9.17) is 5.26 Å². The Morgan fingerprint density at radius 3 is 2.83 bits per heavy atom. The number of benzene rings is 1. The summed E-state index contributed by atoms with van der Waals surface area (Å²) in [5.74, 6) is -0.331. The van der Waals surface area contributed by atoms with Crippen LogP contribution in [0.15, 0.2) is 16.6 Å². The van der Waals surface area contributed by atoms with Crippen LogP contribution in [0.2, 0.25) is 0 Å². The van der Waals surface area contributed by atoms with Crippen molar-refractivity contribution < 1.29 is 4.39 Å². The molecule has 0 aliphatic carbocycles. The quantitative estimate of drug-likeness (QED) is 0.724. The van der Waals surface area contributed by atoms with Gasteiger partial charge in [-0.15, -0.1) is 0 Å². The zero-order valence-corrected chi connectivity index (χ0v) is 8.15. The summed E-state index contributed by atoms with van der Waals surface area (Å²) in [7, 11) is 0. The molecule has 1 aromatic rings. The molecule has 12 heavy (non-hydrogen) atoms. The SMILES string of the molecule is Cc1cc(Br)c(F)c(CC#N)c1. The molecular weight excluding hydrogens is 221 g/mol. The first-order valence-corrected chi connectivity index (χ1v) is 4.26. The predicted molar refractivity (Wildman–Crippen MR) is 48.2 cm³/mol. The van der Waals surface area contributed by atoms with Gasteiger partial charge in [-0.1, -0.05) is 6.07 Å². The van der Waals surface area contributed by atoms with E-state index in [0.717, 1.165) is 5.56 Å². The highest BCUT2D eigenvalue weighted by atomic mass is 79.9. The lowest BCUT2D eigenvalue weighted by Gasteiger charge is -2.02. The van der Waals surface area contributed by atoms with E-state index < -0.39 is 0 Å². The second-order valence-corrected chi connectivity index (χ2v) is 3.41. The van der Waals surface area contributed by atoms with E-state index >= 15 is 0 Å². The number of hydrogen-bond donors (Lipinski definition) is 0. The number of rotatable bonds is 1. The standard InChI is InChI=1S/C9H7BrFN/c1-6-4-7(2-3-12)9(11)8(10)5-6/h4-5H,2H2,1H3. The van der Waals surface area contributed by atoms with Crippen molar-refractivity contribution in [2.75, 3.05) is 0 Å². The molecule has 0 aliphatic rings. The maximum Gasteiger partial charge on any atom is 0.141 e. The summed E-state index contributed by atoms with van der Waals surface area (Å²) in [6, 6.07) is 5.29. The Morgan fingerprint density at radius 2 is 2.25 bits per heavy atom. The number of aryl methyl sites for hydroxylation is 1. The van der Waals surface area contributed by atoms with Crippen molar-refractivity contribution in [2.45, 2.75) is 13.3 Å². The van der Waals surface area contributed by atoms with Crippen molar-refractivity contribution in [1.29, 1.82) is 5.26 Å². The fourth-order valence-corrected chi connectivity index (χ4v) is 1.63. The molecule has 0 N–H and O–H groups in total. The van der Waals surface area contributed by atoms with Crippen LogP contribution in [0.4, 0.5) is 4.39 Å². The molecule has 0 fully saturated rings. The Labute approximate surface area is 79.0 Å². The van der Waals surface area contributed by atoms with Crippen LogP contribution in [0.5, 0.6) is 0 Å². The maximum absolute atomic E-state index is 13.2. The largest absolute Gasteiger partial charge is 0.205 e. The zero-order chi connectivity index (χ0) is 9.14. The Kier molecular flexibility index (Phi) is 2.83. The molecule has 1 aromatic carbocycles. The van der Waals surface area contributed by atoms with Gasteiger partial charge in [0.15, 0.2) is 0 Å². The number of hydrogen-bond acceptors (Lipinski definition) is 1. The molecule has 0 heterocycles. The van der Waals surface area contributed by atoms with Crippen molar-refractivity contribution in [3.05, 3.63) is 33.5 Å². The molecule has 0 radical (unpaired) electrons. The highest BCUT2D eigenvalue weighted by Gasteiger charge is 2.06. The molecule has 0 unspecified atom stereocenters. The van der Waals surface area contributed by atoms with Gasteiger partial charge in [-0.2, -0.15) is 5.26 Å².